The highest BCUT2D eigenvalue weighted by Crippen LogP contribution is 2.29. The summed E-state index contributed by atoms with van der Waals surface area (Å²) in [4.78, 5) is 0. The number of nitrogens with one attached hydrogen (secondary N) is 1. The molecular formula is C16H18BrNO2. The normalized spacial score (nSPS) is 10.5. The van der Waals surface area contributed by atoms with Gasteiger partial charge in [-0.15, -0.1) is 0 Å². The second kappa shape index (κ2) is 7.31. The summed E-state index contributed by atoms with van der Waals surface area (Å²) in [6.07, 6.45) is 0. The van der Waals surface area contributed by atoms with Crippen LogP contribution < -0.4 is 10.1 Å². The molecule has 0 bridgehead atoms. The molecule has 2 rings (SSSR count). The Bertz CT molecular complexity index is 572. The Labute approximate surface area is 127 Å². The highest BCUT2D eigenvalue weighted by molar-refractivity contribution is 9.10. The number of benzene rings is 2. The molecule has 0 aromatic heterocycles. The minimum absolute atomic E-state index is 0.219. The van der Waals surface area contributed by atoms with Crippen molar-refractivity contribution in [2.45, 2.75) is 20.0 Å². The van der Waals surface area contributed by atoms with Crippen LogP contribution in [0.25, 0.3) is 0 Å². The molecule has 20 heavy (non-hydrogen) atoms. The standard InChI is InChI=1S/C16H18BrNO2/c1-2-20-15-8-4-6-13(16(15)19)11-18-10-12-5-3-7-14(17)9-12/h3-9,18-19H,2,10-11H2,1H3. The van der Waals surface area contributed by atoms with Crippen molar-refractivity contribution < 1.29 is 9.84 Å². The van der Waals surface area contributed by atoms with Crippen LogP contribution in [0.1, 0.15) is 18.1 Å². The van der Waals surface area contributed by atoms with Crippen LogP contribution in [0.2, 0.25) is 0 Å². The number of phenolic OH excluding ortho intramolecular Hbond substituents is 1. The second-order valence-electron chi connectivity index (χ2n) is 4.43. The summed E-state index contributed by atoms with van der Waals surface area (Å²) in [5.41, 5.74) is 2.03. The lowest BCUT2D eigenvalue weighted by molar-refractivity contribution is 0.316. The van der Waals surface area contributed by atoms with Gasteiger partial charge in [0.05, 0.1) is 6.61 Å². The highest BCUT2D eigenvalue weighted by Gasteiger charge is 2.07. The quantitative estimate of drug-likeness (QED) is 0.842. The van der Waals surface area contributed by atoms with Gasteiger partial charge in [0, 0.05) is 23.1 Å². The van der Waals surface area contributed by atoms with E-state index in [1.165, 1.54) is 5.56 Å². The number of aromatic hydroxyl groups is 1. The zero-order chi connectivity index (χ0) is 14.4. The molecule has 0 spiro atoms. The number of halogens is 1. The average Bonchev–Trinajstić information content (AvgIpc) is 2.43. The van der Waals surface area contributed by atoms with E-state index in [2.05, 4.69) is 33.4 Å². The third-order valence-electron chi connectivity index (χ3n) is 2.92. The lowest BCUT2D eigenvalue weighted by Crippen LogP contribution is -2.13. The van der Waals surface area contributed by atoms with Gasteiger partial charge in [0.15, 0.2) is 11.5 Å². The maximum Gasteiger partial charge on any atom is 0.162 e. The summed E-state index contributed by atoms with van der Waals surface area (Å²) in [7, 11) is 0. The molecule has 0 atom stereocenters. The number of hydrogen-bond donors (Lipinski definition) is 2. The molecule has 2 N–H and O–H groups in total. The summed E-state index contributed by atoms with van der Waals surface area (Å²) in [5.74, 6) is 0.755. The van der Waals surface area contributed by atoms with E-state index < -0.39 is 0 Å². The van der Waals surface area contributed by atoms with Gasteiger partial charge in [0.1, 0.15) is 0 Å². The molecular weight excluding hydrogens is 318 g/mol. The van der Waals surface area contributed by atoms with Crippen LogP contribution in [0.3, 0.4) is 0 Å². The van der Waals surface area contributed by atoms with Gasteiger partial charge >= 0.3 is 0 Å². The van der Waals surface area contributed by atoms with E-state index in [1.807, 2.05) is 31.2 Å². The molecule has 0 saturated carbocycles. The first-order valence-electron chi connectivity index (χ1n) is 6.59. The van der Waals surface area contributed by atoms with Crippen molar-refractivity contribution in [3.8, 4) is 11.5 Å². The second-order valence-corrected chi connectivity index (χ2v) is 5.35. The zero-order valence-corrected chi connectivity index (χ0v) is 13.0. The van der Waals surface area contributed by atoms with Gasteiger partial charge in [-0.25, -0.2) is 0 Å². The van der Waals surface area contributed by atoms with Gasteiger partial charge in [0.2, 0.25) is 0 Å². The molecule has 4 heteroatoms. The Balaban J connectivity index is 1.96. The molecule has 2 aromatic rings. The monoisotopic (exact) mass is 335 g/mol. The highest BCUT2D eigenvalue weighted by atomic mass is 79.9. The van der Waals surface area contributed by atoms with Crippen LogP contribution in [0.4, 0.5) is 0 Å². The van der Waals surface area contributed by atoms with Crippen LogP contribution in [-0.4, -0.2) is 11.7 Å². The first kappa shape index (κ1) is 14.9. The van der Waals surface area contributed by atoms with Gasteiger partial charge in [-0.05, 0) is 30.7 Å². The van der Waals surface area contributed by atoms with Gasteiger partial charge in [0.25, 0.3) is 0 Å². The summed E-state index contributed by atoms with van der Waals surface area (Å²) >= 11 is 3.45. The van der Waals surface area contributed by atoms with E-state index >= 15 is 0 Å². The lowest BCUT2D eigenvalue weighted by Gasteiger charge is -2.11. The van der Waals surface area contributed by atoms with Gasteiger partial charge in [-0.2, -0.15) is 0 Å². The van der Waals surface area contributed by atoms with Crippen molar-refractivity contribution >= 4 is 15.9 Å². The van der Waals surface area contributed by atoms with E-state index in [-0.39, 0.29) is 5.75 Å². The number of rotatable bonds is 6. The molecule has 0 aliphatic heterocycles. The Kier molecular flexibility index (Phi) is 5.44. The van der Waals surface area contributed by atoms with Crippen molar-refractivity contribution in [2.75, 3.05) is 6.61 Å². The molecule has 0 fully saturated rings. The van der Waals surface area contributed by atoms with Gasteiger partial charge < -0.3 is 15.2 Å². The van der Waals surface area contributed by atoms with Crippen LogP contribution in [0, 0.1) is 0 Å². The van der Waals surface area contributed by atoms with Crippen LogP contribution in [0.5, 0.6) is 11.5 Å². The van der Waals surface area contributed by atoms with Crippen molar-refractivity contribution in [3.63, 3.8) is 0 Å². The van der Waals surface area contributed by atoms with Crippen molar-refractivity contribution in [1.29, 1.82) is 0 Å². The fourth-order valence-corrected chi connectivity index (χ4v) is 2.42. The third kappa shape index (κ3) is 3.99. The molecule has 106 valence electrons. The predicted octanol–water partition coefficient (Wildman–Crippen LogP) is 3.84. The van der Waals surface area contributed by atoms with E-state index in [1.54, 1.807) is 6.07 Å². The first-order valence-corrected chi connectivity index (χ1v) is 7.39. The molecule has 0 amide bonds. The zero-order valence-electron chi connectivity index (χ0n) is 11.4. The van der Waals surface area contributed by atoms with E-state index in [0.29, 0.717) is 18.9 Å². The summed E-state index contributed by atoms with van der Waals surface area (Å²) in [6, 6.07) is 13.7. The summed E-state index contributed by atoms with van der Waals surface area (Å²) < 4.78 is 6.44. The predicted molar refractivity (Wildman–Crippen MR) is 84.0 cm³/mol. The molecule has 2 aromatic carbocycles. The van der Waals surface area contributed by atoms with Crippen LogP contribution in [0.15, 0.2) is 46.9 Å². The minimum atomic E-state index is 0.219. The van der Waals surface area contributed by atoms with Crippen molar-refractivity contribution in [2.24, 2.45) is 0 Å². The number of ether oxygens (including phenoxy) is 1. The number of hydrogen-bond acceptors (Lipinski definition) is 3. The third-order valence-corrected chi connectivity index (χ3v) is 3.41. The maximum absolute atomic E-state index is 10.1. The SMILES string of the molecule is CCOc1cccc(CNCc2cccc(Br)c2)c1O. The van der Waals surface area contributed by atoms with Gasteiger partial charge in [-0.3, -0.25) is 0 Å². The largest absolute Gasteiger partial charge is 0.504 e. The van der Waals surface area contributed by atoms with Crippen molar-refractivity contribution in [3.05, 3.63) is 58.1 Å². The molecule has 0 heterocycles. The number of phenols is 1. The van der Waals surface area contributed by atoms with E-state index in [9.17, 15) is 5.11 Å². The summed E-state index contributed by atoms with van der Waals surface area (Å²) in [6.45, 7) is 3.79. The lowest BCUT2D eigenvalue weighted by atomic mass is 10.1. The van der Waals surface area contributed by atoms with Crippen LogP contribution in [-0.2, 0) is 13.1 Å². The molecule has 0 aliphatic rings. The molecule has 0 saturated heterocycles. The van der Waals surface area contributed by atoms with Gasteiger partial charge in [-0.1, -0.05) is 40.2 Å². The first-order chi connectivity index (χ1) is 9.70. The Morgan fingerprint density at radius 2 is 1.95 bits per heavy atom. The van der Waals surface area contributed by atoms with Crippen LogP contribution >= 0.6 is 15.9 Å². The molecule has 0 aliphatic carbocycles. The molecule has 3 nitrogen and oxygen atoms in total. The fraction of sp³-hybridized carbons (Fsp3) is 0.250. The fourth-order valence-electron chi connectivity index (χ4n) is 1.97. The number of para-hydroxylation sites is 1. The minimum Gasteiger partial charge on any atom is -0.504 e. The smallest absolute Gasteiger partial charge is 0.162 e. The summed E-state index contributed by atoms with van der Waals surface area (Å²) in [5, 5.41) is 13.4. The average molecular weight is 336 g/mol. The Hall–Kier alpha value is -1.52. The Morgan fingerprint density at radius 3 is 2.70 bits per heavy atom. The maximum atomic E-state index is 10.1. The van der Waals surface area contributed by atoms with E-state index in [4.69, 9.17) is 4.74 Å². The topological polar surface area (TPSA) is 41.5 Å². The molecule has 0 radical (unpaired) electrons. The van der Waals surface area contributed by atoms with Crippen molar-refractivity contribution in [1.82, 2.24) is 5.32 Å². The Morgan fingerprint density at radius 1 is 1.15 bits per heavy atom. The van der Waals surface area contributed by atoms with E-state index in [0.717, 1.165) is 16.6 Å². The molecule has 0 unspecified atom stereocenters.